The first kappa shape index (κ1) is 18.3. The number of quaternary nitrogens is 1. The summed E-state index contributed by atoms with van der Waals surface area (Å²) in [7, 11) is 3.58. The molecule has 0 radical (unpaired) electrons. The first-order valence-electron chi connectivity index (χ1n) is 6.21. The van der Waals surface area contributed by atoms with Crippen LogP contribution in [0.2, 0.25) is 0 Å². The van der Waals surface area contributed by atoms with Crippen LogP contribution < -0.4 is 5.32 Å². The normalized spacial score (nSPS) is 12.6. The number of halogens is 1. The zero-order chi connectivity index (χ0) is 15.8. The molecule has 0 heterocycles. The topological polar surface area (TPSA) is 92.7 Å². The van der Waals surface area contributed by atoms with Crippen molar-refractivity contribution in [3.05, 3.63) is 0 Å². The van der Waals surface area contributed by atoms with Gasteiger partial charge in [-0.25, -0.2) is 9.18 Å². The van der Waals surface area contributed by atoms with Crippen LogP contribution in [0.5, 0.6) is 0 Å². The second-order valence-corrected chi connectivity index (χ2v) is 5.09. The van der Waals surface area contributed by atoms with Crippen LogP contribution in [0.3, 0.4) is 0 Å². The number of hydrogen-bond donors (Lipinski definition) is 2. The van der Waals surface area contributed by atoms with Gasteiger partial charge in [0.05, 0.1) is 20.5 Å². The molecule has 0 aliphatic heterocycles. The minimum atomic E-state index is -1.21. The lowest BCUT2D eigenvalue weighted by Crippen LogP contribution is -2.46. The molecule has 1 amide bonds. The molecule has 0 aliphatic rings. The lowest BCUT2D eigenvalue weighted by molar-refractivity contribution is -0.890. The smallest absolute Gasteiger partial charge is 0.329 e. The molecule has 0 saturated heterocycles. The van der Waals surface area contributed by atoms with Crippen LogP contribution in [0, 0.1) is 0 Å². The van der Waals surface area contributed by atoms with Crippen molar-refractivity contribution in [2.24, 2.45) is 0 Å². The Balaban J connectivity index is 4.32. The Hall–Kier alpha value is -1.70. The zero-order valence-corrected chi connectivity index (χ0v) is 12.0. The van der Waals surface area contributed by atoms with Gasteiger partial charge in [-0.05, 0) is 0 Å². The summed E-state index contributed by atoms with van der Waals surface area (Å²) >= 11 is 0. The molecule has 0 bridgehead atoms. The SMILES string of the molecule is CC(=O)N[C@@H](CC(=O)O)C(=O)OCC[N+](C)(C)CCF. The van der Waals surface area contributed by atoms with Crippen molar-refractivity contribution in [1.29, 1.82) is 0 Å². The maximum absolute atomic E-state index is 12.3. The van der Waals surface area contributed by atoms with Gasteiger partial charge in [-0.1, -0.05) is 0 Å². The molecule has 0 aromatic heterocycles. The molecule has 8 heteroatoms. The van der Waals surface area contributed by atoms with E-state index in [9.17, 15) is 18.8 Å². The van der Waals surface area contributed by atoms with Gasteiger partial charge in [0.25, 0.3) is 0 Å². The third kappa shape index (κ3) is 8.41. The molecule has 20 heavy (non-hydrogen) atoms. The second kappa shape index (κ2) is 8.47. The van der Waals surface area contributed by atoms with Crippen LogP contribution in [0.25, 0.3) is 0 Å². The van der Waals surface area contributed by atoms with Crippen LogP contribution in [-0.4, -0.2) is 73.9 Å². The Morgan fingerprint density at radius 3 is 2.35 bits per heavy atom. The summed E-state index contributed by atoms with van der Waals surface area (Å²) in [5.41, 5.74) is 0. The minimum absolute atomic E-state index is 0.0293. The van der Waals surface area contributed by atoms with Crippen molar-refractivity contribution in [2.75, 3.05) is 40.5 Å². The van der Waals surface area contributed by atoms with E-state index in [4.69, 9.17) is 9.84 Å². The fraction of sp³-hybridized carbons (Fsp3) is 0.750. The van der Waals surface area contributed by atoms with E-state index in [0.717, 1.165) is 0 Å². The number of hydrogen-bond acceptors (Lipinski definition) is 4. The van der Waals surface area contributed by atoms with Gasteiger partial charge in [-0.2, -0.15) is 0 Å². The summed E-state index contributed by atoms with van der Waals surface area (Å²) in [6, 6.07) is -1.21. The number of amides is 1. The number of nitrogens with zero attached hydrogens (tertiary/aromatic N) is 1. The maximum Gasteiger partial charge on any atom is 0.329 e. The third-order valence-electron chi connectivity index (χ3n) is 2.67. The average Bonchev–Trinajstić information content (AvgIpc) is 2.26. The van der Waals surface area contributed by atoms with Crippen molar-refractivity contribution < 1.29 is 33.1 Å². The molecule has 0 unspecified atom stereocenters. The van der Waals surface area contributed by atoms with E-state index >= 15 is 0 Å². The number of carboxylic acids is 1. The fourth-order valence-electron chi connectivity index (χ4n) is 1.45. The number of ether oxygens (including phenoxy) is 1. The average molecular weight is 293 g/mol. The van der Waals surface area contributed by atoms with E-state index < -0.39 is 37.0 Å². The number of carbonyl (C=O) groups is 3. The third-order valence-corrected chi connectivity index (χ3v) is 2.67. The molecule has 0 aliphatic carbocycles. The van der Waals surface area contributed by atoms with Crippen molar-refractivity contribution in [2.45, 2.75) is 19.4 Å². The predicted octanol–water partition coefficient (Wildman–Crippen LogP) is -0.445. The molecule has 0 spiro atoms. The summed E-state index contributed by atoms with van der Waals surface area (Å²) in [5.74, 6) is -2.53. The number of carboxylic acid groups (broad SMARTS) is 1. The fourth-order valence-corrected chi connectivity index (χ4v) is 1.45. The zero-order valence-electron chi connectivity index (χ0n) is 12.0. The first-order valence-corrected chi connectivity index (χ1v) is 6.21. The monoisotopic (exact) mass is 293 g/mol. The Bertz CT molecular complexity index is 344. The van der Waals surface area contributed by atoms with Gasteiger partial charge < -0.3 is 19.6 Å². The molecule has 1 atom stereocenters. The van der Waals surface area contributed by atoms with Gasteiger partial charge in [0, 0.05) is 6.92 Å². The lowest BCUT2D eigenvalue weighted by Gasteiger charge is -2.28. The van der Waals surface area contributed by atoms with E-state index in [1.54, 1.807) is 14.1 Å². The standard InChI is InChI=1S/C12H21FN2O5/c1-9(16)14-10(8-11(17)18)12(19)20-7-6-15(2,3)5-4-13/h10H,4-8H2,1-3H3,(H-,14,16,17,18)/p+1/t10-/m0/s1. The Morgan fingerprint density at radius 2 is 1.90 bits per heavy atom. The van der Waals surface area contributed by atoms with Crippen LogP contribution in [-0.2, 0) is 19.1 Å². The molecular weight excluding hydrogens is 271 g/mol. The highest BCUT2D eigenvalue weighted by Gasteiger charge is 2.25. The Kier molecular flexibility index (Phi) is 7.75. The van der Waals surface area contributed by atoms with Crippen LogP contribution in [0.4, 0.5) is 4.39 Å². The van der Waals surface area contributed by atoms with Gasteiger partial charge in [-0.3, -0.25) is 9.59 Å². The number of nitrogens with one attached hydrogen (secondary N) is 1. The molecule has 0 rings (SSSR count). The molecular formula is C12H22FN2O5+. The van der Waals surface area contributed by atoms with E-state index in [-0.39, 0.29) is 6.61 Å². The largest absolute Gasteiger partial charge is 0.481 e. The van der Waals surface area contributed by atoms with Crippen LogP contribution in [0.15, 0.2) is 0 Å². The van der Waals surface area contributed by atoms with Crippen molar-refractivity contribution in [3.63, 3.8) is 0 Å². The molecule has 0 aromatic rings. The molecule has 116 valence electrons. The minimum Gasteiger partial charge on any atom is -0.481 e. The molecule has 0 aromatic carbocycles. The molecule has 2 N–H and O–H groups in total. The van der Waals surface area contributed by atoms with Crippen LogP contribution in [0.1, 0.15) is 13.3 Å². The van der Waals surface area contributed by atoms with Gasteiger partial charge in [0.1, 0.15) is 32.4 Å². The number of alkyl halides is 1. The Morgan fingerprint density at radius 1 is 1.30 bits per heavy atom. The molecule has 0 fully saturated rings. The van der Waals surface area contributed by atoms with Gasteiger partial charge in [0.2, 0.25) is 5.91 Å². The summed E-state index contributed by atoms with van der Waals surface area (Å²) in [5, 5.41) is 10.9. The van der Waals surface area contributed by atoms with E-state index in [2.05, 4.69) is 5.32 Å². The highest BCUT2D eigenvalue weighted by atomic mass is 19.1. The van der Waals surface area contributed by atoms with Gasteiger partial charge >= 0.3 is 11.9 Å². The number of rotatable bonds is 9. The number of carbonyl (C=O) groups excluding carboxylic acids is 2. The highest BCUT2D eigenvalue weighted by Crippen LogP contribution is 2.00. The molecule has 0 saturated carbocycles. The second-order valence-electron chi connectivity index (χ2n) is 5.09. The summed E-state index contributed by atoms with van der Waals surface area (Å²) < 4.78 is 17.5. The Labute approximate surface area is 117 Å². The first-order chi connectivity index (χ1) is 9.18. The van der Waals surface area contributed by atoms with Crippen molar-refractivity contribution >= 4 is 17.8 Å². The summed E-state index contributed by atoms with van der Waals surface area (Å²) in [6.07, 6.45) is -0.541. The maximum atomic E-state index is 12.3. The van der Waals surface area contributed by atoms with E-state index in [1.165, 1.54) is 6.92 Å². The number of likely N-dealkylation sites (N-methyl/N-ethyl adjacent to an activating group) is 1. The van der Waals surface area contributed by atoms with Gasteiger partial charge in [-0.15, -0.1) is 0 Å². The quantitative estimate of drug-likeness (QED) is 0.444. The summed E-state index contributed by atoms with van der Waals surface area (Å²) in [4.78, 5) is 33.2. The predicted molar refractivity (Wildman–Crippen MR) is 68.6 cm³/mol. The van der Waals surface area contributed by atoms with E-state index in [0.29, 0.717) is 17.6 Å². The lowest BCUT2D eigenvalue weighted by atomic mass is 10.2. The summed E-state index contributed by atoms with van der Waals surface area (Å²) in [6.45, 7) is 1.43. The van der Waals surface area contributed by atoms with Crippen molar-refractivity contribution in [1.82, 2.24) is 5.32 Å². The number of aliphatic carboxylic acids is 1. The van der Waals surface area contributed by atoms with E-state index in [1.807, 2.05) is 0 Å². The highest BCUT2D eigenvalue weighted by molar-refractivity contribution is 5.86. The van der Waals surface area contributed by atoms with Gasteiger partial charge in [0.15, 0.2) is 0 Å². The molecule has 7 nitrogen and oxygen atoms in total. The van der Waals surface area contributed by atoms with Crippen LogP contribution >= 0.6 is 0 Å². The van der Waals surface area contributed by atoms with Crippen molar-refractivity contribution in [3.8, 4) is 0 Å². The number of esters is 1.